The SMILES string of the molecule is COc1cccc([C@H]2Oc3ccccc3C3=C2[C@H](c2ccc(C)cc2)n2nc(SC)nc2N3)c1OC. The van der Waals surface area contributed by atoms with Crippen LogP contribution in [0.1, 0.15) is 34.4 Å². The maximum atomic E-state index is 6.75. The van der Waals surface area contributed by atoms with Crippen LogP contribution in [0, 0.1) is 6.92 Å². The van der Waals surface area contributed by atoms with Crippen molar-refractivity contribution in [1.82, 2.24) is 14.8 Å². The van der Waals surface area contributed by atoms with Gasteiger partial charge in [0.05, 0.1) is 19.9 Å². The third-order valence-corrected chi connectivity index (χ3v) is 7.19. The smallest absolute Gasteiger partial charge is 0.227 e. The molecule has 2 atom stereocenters. The molecule has 0 fully saturated rings. The molecule has 4 aromatic rings. The number of para-hydroxylation sites is 2. The molecular formula is C28H26N4O3S. The number of hydrogen-bond donors (Lipinski definition) is 1. The zero-order chi connectivity index (χ0) is 24.8. The van der Waals surface area contributed by atoms with Gasteiger partial charge in [0, 0.05) is 16.7 Å². The maximum Gasteiger partial charge on any atom is 0.227 e. The van der Waals surface area contributed by atoms with E-state index in [0.29, 0.717) is 22.6 Å². The van der Waals surface area contributed by atoms with Crippen LogP contribution < -0.4 is 19.5 Å². The standard InChI is InChI=1S/C28H26N4O3S/c1-16-12-14-17(15-13-16)24-22-23(29-27-30-28(36-4)31-32(24)27)18-8-5-6-10-20(18)35-26(22)19-9-7-11-21(33-2)25(19)34-3/h5-15,24,26H,1-4H3,(H,29,30,31)/t24-,26+/m0/s1. The van der Waals surface area contributed by atoms with Crippen LogP contribution in [-0.2, 0) is 0 Å². The summed E-state index contributed by atoms with van der Waals surface area (Å²) in [5.41, 5.74) is 6.18. The summed E-state index contributed by atoms with van der Waals surface area (Å²) in [5, 5.41) is 9.16. The van der Waals surface area contributed by atoms with Gasteiger partial charge < -0.3 is 19.5 Å². The van der Waals surface area contributed by atoms with Crippen LogP contribution in [0.4, 0.5) is 5.95 Å². The summed E-state index contributed by atoms with van der Waals surface area (Å²) < 4.78 is 20.2. The number of benzene rings is 3. The van der Waals surface area contributed by atoms with E-state index in [-0.39, 0.29) is 6.04 Å². The molecule has 1 aromatic heterocycles. The number of nitrogens with one attached hydrogen (secondary N) is 1. The molecule has 0 radical (unpaired) electrons. The lowest BCUT2D eigenvalue weighted by Gasteiger charge is -2.39. The Kier molecular flexibility index (Phi) is 5.60. The Balaban J connectivity index is 1.65. The molecule has 2 aliphatic rings. The molecule has 0 aliphatic carbocycles. The van der Waals surface area contributed by atoms with Crippen LogP contribution in [0.5, 0.6) is 17.2 Å². The fraction of sp³-hybridized carbons (Fsp3) is 0.214. The second-order valence-corrected chi connectivity index (χ2v) is 9.49. The Morgan fingerprint density at radius 3 is 2.53 bits per heavy atom. The van der Waals surface area contributed by atoms with Crippen molar-refractivity contribution in [3.8, 4) is 17.2 Å². The van der Waals surface area contributed by atoms with Crippen molar-refractivity contribution in [1.29, 1.82) is 0 Å². The van der Waals surface area contributed by atoms with Crippen molar-refractivity contribution in [3.63, 3.8) is 0 Å². The molecule has 0 unspecified atom stereocenters. The number of nitrogens with zero attached hydrogens (tertiary/aromatic N) is 3. The van der Waals surface area contributed by atoms with Gasteiger partial charge in [-0.3, -0.25) is 0 Å². The summed E-state index contributed by atoms with van der Waals surface area (Å²) in [7, 11) is 3.30. The van der Waals surface area contributed by atoms with E-state index in [1.54, 1.807) is 14.2 Å². The summed E-state index contributed by atoms with van der Waals surface area (Å²) >= 11 is 1.52. The number of thioether (sulfide) groups is 1. The van der Waals surface area contributed by atoms with Gasteiger partial charge in [-0.2, -0.15) is 4.98 Å². The van der Waals surface area contributed by atoms with Crippen LogP contribution in [-0.4, -0.2) is 35.2 Å². The highest BCUT2D eigenvalue weighted by atomic mass is 32.2. The number of fused-ring (bicyclic) bond motifs is 3. The molecule has 2 aliphatic heterocycles. The Morgan fingerprint density at radius 2 is 1.78 bits per heavy atom. The highest BCUT2D eigenvalue weighted by molar-refractivity contribution is 7.98. The van der Waals surface area contributed by atoms with E-state index in [4.69, 9.17) is 24.3 Å². The lowest BCUT2D eigenvalue weighted by atomic mass is 9.84. The summed E-state index contributed by atoms with van der Waals surface area (Å²) in [4.78, 5) is 4.77. The first-order chi connectivity index (χ1) is 17.6. The molecule has 0 spiro atoms. The molecule has 0 saturated heterocycles. The maximum absolute atomic E-state index is 6.75. The summed E-state index contributed by atoms with van der Waals surface area (Å²) in [5.74, 6) is 2.80. The van der Waals surface area contributed by atoms with E-state index in [9.17, 15) is 0 Å². The third kappa shape index (κ3) is 3.52. The van der Waals surface area contributed by atoms with Gasteiger partial charge in [0.25, 0.3) is 0 Å². The minimum Gasteiger partial charge on any atom is -0.493 e. The number of anilines is 1. The van der Waals surface area contributed by atoms with E-state index in [1.165, 1.54) is 17.3 Å². The van der Waals surface area contributed by atoms with Crippen LogP contribution in [0.2, 0.25) is 0 Å². The van der Waals surface area contributed by atoms with Crippen molar-refractivity contribution in [2.75, 3.05) is 25.8 Å². The largest absolute Gasteiger partial charge is 0.493 e. The molecule has 0 amide bonds. The van der Waals surface area contributed by atoms with Crippen LogP contribution >= 0.6 is 11.8 Å². The van der Waals surface area contributed by atoms with Gasteiger partial charge in [0.2, 0.25) is 11.1 Å². The predicted molar refractivity (Wildman–Crippen MR) is 141 cm³/mol. The Morgan fingerprint density at radius 1 is 0.972 bits per heavy atom. The van der Waals surface area contributed by atoms with Crippen molar-refractivity contribution in [3.05, 3.63) is 94.6 Å². The highest BCUT2D eigenvalue weighted by Gasteiger charge is 2.42. The average molecular weight is 499 g/mol. The van der Waals surface area contributed by atoms with Gasteiger partial charge >= 0.3 is 0 Å². The van der Waals surface area contributed by atoms with Gasteiger partial charge in [-0.05, 0) is 36.9 Å². The van der Waals surface area contributed by atoms with E-state index in [1.807, 2.05) is 47.3 Å². The lowest BCUT2D eigenvalue weighted by Crippen LogP contribution is -2.32. The van der Waals surface area contributed by atoms with Crippen molar-refractivity contribution < 1.29 is 14.2 Å². The van der Waals surface area contributed by atoms with Crippen molar-refractivity contribution >= 4 is 23.4 Å². The minimum atomic E-state index is -0.450. The fourth-order valence-corrected chi connectivity index (χ4v) is 5.34. The van der Waals surface area contributed by atoms with Crippen molar-refractivity contribution in [2.24, 2.45) is 0 Å². The predicted octanol–water partition coefficient (Wildman–Crippen LogP) is 5.89. The quantitative estimate of drug-likeness (QED) is 0.344. The molecule has 3 heterocycles. The second kappa shape index (κ2) is 8.95. The first-order valence-electron chi connectivity index (χ1n) is 11.7. The van der Waals surface area contributed by atoms with Crippen LogP contribution in [0.3, 0.4) is 0 Å². The molecule has 1 N–H and O–H groups in total. The Bertz CT molecular complexity index is 1480. The summed E-state index contributed by atoms with van der Waals surface area (Å²) in [6, 6.07) is 22.3. The minimum absolute atomic E-state index is 0.237. The van der Waals surface area contributed by atoms with Gasteiger partial charge in [-0.25, -0.2) is 4.68 Å². The summed E-state index contributed by atoms with van der Waals surface area (Å²) in [6.07, 6.45) is 1.53. The fourth-order valence-electron chi connectivity index (χ4n) is 4.99. The first kappa shape index (κ1) is 22.5. The number of rotatable bonds is 5. The second-order valence-electron chi connectivity index (χ2n) is 8.71. The van der Waals surface area contributed by atoms with Crippen LogP contribution in [0.25, 0.3) is 5.70 Å². The van der Waals surface area contributed by atoms with E-state index in [0.717, 1.165) is 33.7 Å². The average Bonchev–Trinajstić information content (AvgIpc) is 3.34. The number of hydrogen-bond acceptors (Lipinski definition) is 7. The van der Waals surface area contributed by atoms with E-state index < -0.39 is 6.10 Å². The van der Waals surface area contributed by atoms with Gasteiger partial charge in [0.1, 0.15) is 11.8 Å². The Labute approximate surface area is 214 Å². The molecule has 0 bridgehead atoms. The van der Waals surface area contributed by atoms with Crippen molar-refractivity contribution in [2.45, 2.75) is 24.2 Å². The zero-order valence-corrected chi connectivity index (χ0v) is 21.3. The third-order valence-electron chi connectivity index (χ3n) is 6.65. The molecule has 3 aromatic carbocycles. The van der Waals surface area contributed by atoms with E-state index >= 15 is 0 Å². The van der Waals surface area contributed by atoms with Gasteiger partial charge in [-0.1, -0.05) is 65.9 Å². The topological polar surface area (TPSA) is 70.4 Å². The zero-order valence-electron chi connectivity index (χ0n) is 20.5. The number of methoxy groups -OCH3 is 2. The highest BCUT2D eigenvalue weighted by Crippen LogP contribution is 2.53. The monoisotopic (exact) mass is 498 g/mol. The lowest BCUT2D eigenvalue weighted by molar-refractivity contribution is 0.216. The molecule has 6 rings (SSSR count). The molecule has 0 saturated carbocycles. The van der Waals surface area contributed by atoms with Crippen LogP contribution in [0.15, 0.2) is 77.5 Å². The number of aromatic nitrogens is 3. The summed E-state index contributed by atoms with van der Waals surface area (Å²) in [6.45, 7) is 2.09. The Hall–Kier alpha value is -3.91. The normalized spacial score (nSPS) is 17.9. The number of ether oxygens (including phenoxy) is 3. The molecular weight excluding hydrogens is 472 g/mol. The molecule has 7 nitrogen and oxygen atoms in total. The molecule has 8 heteroatoms. The molecule has 182 valence electrons. The number of aryl methyl sites for hydroxylation is 1. The van der Waals surface area contributed by atoms with Gasteiger partial charge in [0.15, 0.2) is 17.6 Å². The first-order valence-corrected chi connectivity index (χ1v) is 12.9. The molecule has 36 heavy (non-hydrogen) atoms. The van der Waals surface area contributed by atoms with E-state index in [2.05, 4.69) is 42.6 Å². The van der Waals surface area contributed by atoms with Gasteiger partial charge in [-0.15, -0.1) is 5.10 Å².